The molecule has 1 heterocycles. The van der Waals surface area contributed by atoms with Crippen molar-refractivity contribution in [1.29, 1.82) is 0 Å². The molecule has 2 aromatic rings. The number of hydrogen-bond acceptors (Lipinski definition) is 2. The molecule has 2 rings (SSSR count). The Kier molecular flexibility index (Phi) is 2.34. The molecule has 0 aliphatic rings. The monoisotopic (exact) mass is 227 g/mol. The van der Waals surface area contributed by atoms with E-state index >= 15 is 0 Å². The van der Waals surface area contributed by atoms with E-state index in [0.717, 1.165) is 12.1 Å². The molecule has 3 nitrogen and oxygen atoms in total. The average Bonchev–Trinajstić information content (AvgIpc) is 2.63. The number of halogens is 3. The fraction of sp³-hybridized carbons (Fsp3) is 0.100. The van der Waals surface area contributed by atoms with Gasteiger partial charge in [-0.05, 0) is 12.1 Å². The van der Waals surface area contributed by atoms with Gasteiger partial charge in [0.2, 0.25) is 0 Å². The molecule has 3 N–H and O–H groups in total. The van der Waals surface area contributed by atoms with Gasteiger partial charge in [0.05, 0.1) is 23.1 Å². The number of nitrogen functional groups attached to an aromatic ring is 1. The highest BCUT2D eigenvalue weighted by atomic mass is 19.4. The van der Waals surface area contributed by atoms with E-state index in [-0.39, 0.29) is 0 Å². The van der Waals surface area contributed by atoms with Crippen LogP contribution in [-0.2, 0) is 6.18 Å². The van der Waals surface area contributed by atoms with Gasteiger partial charge >= 0.3 is 6.18 Å². The number of hydrogen-bond donors (Lipinski definition) is 2. The quantitative estimate of drug-likeness (QED) is 0.786. The number of alkyl halides is 3. The summed E-state index contributed by atoms with van der Waals surface area (Å²) in [5, 5.41) is 6.32. The minimum absolute atomic E-state index is 0.403. The highest BCUT2D eigenvalue weighted by Crippen LogP contribution is 2.31. The average molecular weight is 227 g/mol. The first-order chi connectivity index (χ1) is 7.48. The number of nitrogens with zero attached hydrogens (tertiary/aromatic N) is 1. The van der Waals surface area contributed by atoms with Crippen LogP contribution in [0, 0.1) is 0 Å². The minimum atomic E-state index is -4.32. The smallest absolute Gasteiger partial charge is 0.396 e. The van der Waals surface area contributed by atoms with Crippen LogP contribution >= 0.6 is 0 Å². The van der Waals surface area contributed by atoms with E-state index in [1.54, 1.807) is 0 Å². The number of benzene rings is 1. The second-order valence-corrected chi connectivity index (χ2v) is 3.28. The van der Waals surface area contributed by atoms with E-state index in [9.17, 15) is 13.2 Å². The van der Waals surface area contributed by atoms with Crippen LogP contribution in [0.15, 0.2) is 30.5 Å². The maximum absolute atomic E-state index is 12.3. The van der Waals surface area contributed by atoms with Crippen LogP contribution < -0.4 is 5.73 Å². The number of nitrogens with one attached hydrogen (secondary N) is 1. The fourth-order valence-corrected chi connectivity index (χ4v) is 1.35. The molecular weight excluding hydrogens is 219 g/mol. The molecule has 0 aliphatic carbocycles. The fourth-order valence-electron chi connectivity index (χ4n) is 1.35. The Labute approximate surface area is 89.1 Å². The number of H-pyrrole nitrogens is 1. The van der Waals surface area contributed by atoms with Gasteiger partial charge in [-0.15, -0.1) is 0 Å². The maximum atomic E-state index is 12.3. The Morgan fingerprint density at radius 2 is 1.75 bits per heavy atom. The number of aromatic amines is 1. The minimum Gasteiger partial charge on any atom is -0.396 e. The van der Waals surface area contributed by atoms with Crippen molar-refractivity contribution in [3.8, 4) is 11.3 Å². The molecule has 0 spiro atoms. The second kappa shape index (κ2) is 3.55. The van der Waals surface area contributed by atoms with Crippen LogP contribution in [0.5, 0.6) is 0 Å². The summed E-state index contributed by atoms with van der Waals surface area (Å²) in [5.41, 5.74) is 6.39. The summed E-state index contributed by atoms with van der Waals surface area (Å²) in [6.07, 6.45) is -2.91. The topological polar surface area (TPSA) is 54.7 Å². The third-order valence-corrected chi connectivity index (χ3v) is 2.17. The lowest BCUT2D eigenvalue weighted by atomic mass is 10.1. The molecule has 16 heavy (non-hydrogen) atoms. The third-order valence-electron chi connectivity index (χ3n) is 2.17. The van der Waals surface area contributed by atoms with Crippen LogP contribution in [0.4, 0.5) is 18.9 Å². The zero-order valence-electron chi connectivity index (χ0n) is 8.05. The molecule has 1 aromatic heterocycles. The zero-order chi connectivity index (χ0) is 11.8. The van der Waals surface area contributed by atoms with Crippen molar-refractivity contribution in [2.24, 2.45) is 0 Å². The van der Waals surface area contributed by atoms with Gasteiger partial charge < -0.3 is 5.73 Å². The molecule has 1 aromatic carbocycles. The van der Waals surface area contributed by atoms with Crippen LogP contribution in [0.25, 0.3) is 11.3 Å². The molecule has 0 aliphatic heterocycles. The van der Waals surface area contributed by atoms with Crippen molar-refractivity contribution in [1.82, 2.24) is 10.2 Å². The molecule has 0 amide bonds. The van der Waals surface area contributed by atoms with Crippen molar-refractivity contribution in [3.63, 3.8) is 0 Å². The van der Waals surface area contributed by atoms with Crippen LogP contribution in [-0.4, -0.2) is 10.2 Å². The van der Waals surface area contributed by atoms with Gasteiger partial charge in [0.15, 0.2) is 0 Å². The molecule has 84 valence electrons. The summed E-state index contributed by atoms with van der Waals surface area (Å²) in [6, 6.07) is 4.73. The van der Waals surface area contributed by atoms with E-state index in [1.807, 2.05) is 0 Å². The molecular formula is C10H8F3N3. The Hall–Kier alpha value is -1.98. The zero-order valence-corrected chi connectivity index (χ0v) is 8.05. The van der Waals surface area contributed by atoms with Crippen molar-refractivity contribution < 1.29 is 13.2 Å². The van der Waals surface area contributed by atoms with Gasteiger partial charge in [0.1, 0.15) is 0 Å². The summed E-state index contributed by atoms with van der Waals surface area (Å²) in [4.78, 5) is 0. The molecule has 0 saturated carbocycles. The first kappa shape index (κ1) is 10.5. The van der Waals surface area contributed by atoms with Gasteiger partial charge in [-0.25, -0.2) is 0 Å². The Balaban J connectivity index is 2.37. The largest absolute Gasteiger partial charge is 0.416 e. The van der Waals surface area contributed by atoms with Crippen LogP contribution in [0.2, 0.25) is 0 Å². The second-order valence-electron chi connectivity index (χ2n) is 3.28. The SMILES string of the molecule is Nc1cn[nH]c1-c1ccc(C(F)(F)F)cc1. The van der Waals surface area contributed by atoms with E-state index in [4.69, 9.17) is 5.73 Å². The molecule has 0 fully saturated rings. The Morgan fingerprint density at radius 3 is 2.19 bits per heavy atom. The summed E-state index contributed by atoms with van der Waals surface area (Å²) in [7, 11) is 0. The van der Waals surface area contributed by atoms with Gasteiger partial charge in [0, 0.05) is 5.56 Å². The molecule has 0 radical (unpaired) electrons. The van der Waals surface area contributed by atoms with Gasteiger partial charge in [-0.3, -0.25) is 5.10 Å². The van der Waals surface area contributed by atoms with Crippen molar-refractivity contribution >= 4 is 5.69 Å². The maximum Gasteiger partial charge on any atom is 0.416 e. The third kappa shape index (κ3) is 1.86. The van der Waals surface area contributed by atoms with Gasteiger partial charge in [0.25, 0.3) is 0 Å². The van der Waals surface area contributed by atoms with Crippen molar-refractivity contribution in [3.05, 3.63) is 36.0 Å². The summed E-state index contributed by atoms with van der Waals surface area (Å²) in [6.45, 7) is 0. The van der Waals surface area contributed by atoms with Gasteiger partial charge in [-0.1, -0.05) is 12.1 Å². The molecule has 0 saturated heterocycles. The van der Waals surface area contributed by atoms with E-state index in [1.165, 1.54) is 18.3 Å². The predicted molar refractivity (Wildman–Crippen MR) is 53.4 cm³/mol. The number of anilines is 1. The van der Waals surface area contributed by atoms with Crippen LogP contribution in [0.1, 0.15) is 5.56 Å². The van der Waals surface area contributed by atoms with Gasteiger partial charge in [-0.2, -0.15) is 18.3 Å². The molecule has 0 atom stereocenters. The first-order valence-corrected chi connectivity index (χ1v) is 4.45. The number of aromatic nitrogens is 2. The molecule has 0 unspecified atom stereocenters. The van der Waals surface area contributed by atoms with E-state index in [0.29, 0.717) is 16.9 Å². The lowest BCUT2D eigenvalue weighted by Crippen LogP contribution is -2.04. The number of rotatable bonds is 1. The summed E-state index contributed by atoms with van der Waals surface area (Å²) in [5.74, 6) is 0. The van der Waals surface area contributed by atoms with E-state index < -0.39 is 11.7 Å². The number of nitrogens with two attached hydrogens (primary N) is 1. The highest BCUT2D eigenvalue weighted by molar-refractivity contribution is 5.71. The summed E-state index contributed by atoms with van der Waals surface area (Å²) >= 11 is 0. The normalized spacial score (nSPS) is 11.7. The standard InChI is InChI=1S/C10H8F3N3/c11-10(12,13)7-3-1-6(2-4-7)9-8(14)5-15-16-9/h1-5H,14H2,(H,15,16). The predicted octanol–water partition coefficient (Wildman–Crippen LogP) is 2.68. The highest BCUT2D eigenvalue weighted by Gasteiger charge is 2.30. The van der Waals surface area contributed by atoms with Crippen molar-refractivity contribution in [2.45, 2.75) is 6.18 Å². The lowest BCUT2D eigenvalue weighted by molar-refractivity contribution is -0.137. The lowest BCUT2D eigenvalue weighted by Gasteiger charge is -2.07. The van der Waals surface area contributed by atoms with E-state index in [2.05, 4.69) is 10.2 Å². The first-order valence-electron chi connectivity index (χ1n) is 4.45. The Bertz CT molecular complexity index is 485. The summed E-state index contributed by atoms with van der Waals surface area (Å²) < 4.78 is 36.9. The molecule has 6 heteroatoms. The Morgan fingerprint density at radius 1 is 1.12 bits per heavy atom. The molecule has 0 bridgehead atoms. The van der Waals surface area contributed by atoms with Crippen molar-refractivity contribution in [2.75, 3.05) is 5.73 Å². The van der Waals surface area contributed by atoms with Crippen LogP contribution in [0.3, 0.4) is 0 Å².